The number of aromatic nitrogens is 1. The Morgan fingerprint density at radius 2 is 1.76 bits per heavy atom. The fourth-order valence-electron chi connectivity index (χ4n) is 2.27. The zero-order valence-corrected chi connectivity index (χ0v) is 9.57. The van der Waals surface area contributed by atoms with Gasteiger partial charge >= 0.3 is 0 Å². The smallest absolute Gasteiger partial charge is 0.125 e. The van der Waals surface area contributed by atoms with Gasteiger partial charge in [0.15, 0.2) is 0 Å². The molecule has 0 fully saturated rings. The van der Waals surface area contributed by atoms with Crippen LogP contribution in [0.1, 0.15) is 12.6 Å². The summed E-state index contributed by atoms with van der Waals surface area (Å²) in [5.74, 6) is -0.234. The number of hydrogen-bond acceptors (Lipinski definition) is 1. The van der Waals surface area contributed by atoms with E-state index in [1.807, 2.05) is 12.1 Å². The van der Waals surface area contributed by atoms with Crippen molar-refractivity contribution in [2.24, 2.45) is 0 Å². The van der Waals surface area contributed by atoms with Crippen LogP contribution in [0, 0.1) is 5.82 Å². The van der Waals surface area contributed by atoms with Gasteiger partial charge in [-0.15, -0.1) is 0 Å². The molecule has 0 saturated carbocycles. The first-order chi connectivity index (χ1) is 8.29. The molecule has 0 aliphatic heterocycles. The molecule has 1 aromatic heterocycles. The third-order valence-corrected chi connectivity index (χ3v) is 3.08. The van der Waals surface area contributed by atoms with Crippen molar-refractivity contribution in [1.82, 2.24) is 4.98 Å². The average Bonchev–Trinajstić information content (AvgIpc) is 2.37. The molecular formula is C15H12FN. The van der Waals surface area contributed by atoms with Crippen molar-refractivity contribution in [3.63, 3.8) is 0 Å². The van der Waals surface area contributed by atoms with Crippen LogP contribution in [-0.2, 0) is 6.42 Å². The molecule has 3 aromatic rings. The first kappa shape index (κ1) is 10.2. The van der Waals surface area contributed by atoms with E-state index in [0.717, 1.165) is 33.8 Å². The summed E-state index contributed by atoms with van der Waals surface area (Å²) in [7, 11) is 0. The molecule has 84 valence electrons. The molecule has 0 radical (unpaired) electrons. The minimum atomic E-state index is -0.234. The van der Waals surface area contributed by atoms with E-state index in [2.05, 4.69) is 24.0 Å². The molecule has 0 N–H and O–H groups in total. The fraction of sp³-hybridized carbons (Fsp3) is 0.133. The molecule has 2 heteroatoms. The SMILES string of the molecule is CCc1nc2cc(F)ccc2c2ccccc12. The first-order valence-corrected chi connectivity index (χ1v) is 5.76. The average molecular weight is 225 g/mol. The highest BCUT2D eigenvalue weighted by molar-refractivity contribution is 6.06. The van der Waals surface area contributed by atoms with Gasteiger partial charge in [-0.2, -0.15) is 0 Å². The molecule has 3 rings (SSSR count). The van der Waals surface area contributed by atoms with Crippen LogP contribution in [0.3, 0.4) is 0 Å². The summed E-state index contributed by atoms with van der Waals surface area (Å²) < 4.78 is 13.2. The summed E-state index contributed by atoms with van der Waals surface area (Å²) in [6.45, 7) is 2.07. The molecular weight excluding hydrogens is 213 g/mol. The third-order valence-electron chi connectivity index (χ3n) is 3.08. The lowest BCUT2D eigenvalue weighted by Gasteiger charge is -2.07. The predicted octanol–water partition coefficient (Wildman–Crippen LogP) is 4.09. The first-order valence-electron chi connectivity index (χ1n) is 5.76. The number of fused-ring (bicyclic) bond motifs is 3. The van der Waals surface area contributed by atoms with Gasteiger partial charge in [-0.05, 0) is 23.9 Å². The molecule has 1 heterocycles. The standard InChI is InChI=1S/C15H12FN/c1-2-14-12-6-4-3-5-11(12)13-8-7-10(16)9-15(13)17-14/h3-9H,2H2,1H3. The normalized spacial score (nSPS) is 11.2. The van der Waals surface area contributed by atoms with E-state index in [9.17, 15) is 4.39 Å². The topological polar surface area (TPSA) is 12.9 Å². The second-order valence-electron chi connectivity index (χ2n) is 4.12. The molecule has 1 nitrogen and oxygen atoms in total. The molecule has 0 aliphatic rings. The summed E-state index contributed by atoms with van der Waals surface area (Å²) in [5.41, 5.74) is 1.76. The van der Waals surface area contributed by atoms with Gasteiger partial charge < -0.3 is 0 Å². The fourth-order valence-corrected chi connectivity index (χ4v) is 2.27. The van der Waals surface area contributed by atoms with Crippen molar-refractivity contribution >= 4 is 21.7 Å². The van der Waals surface area contributed by atoms with Crippen LogP contribution in [0.25, 0.3) is 21.7 Å². The third kappa shape index (κ3) is 1.57. The second kappa shape index (κ2) is 3.81. The van der Waals surface area contributed by atoms with Crippen LogP contribution in [0.2, 0.25) is 0 Å². The number of aryl methyl sites for hydroxylation is 1. The van der Waals surface area contributed by atoms with Gasteiger partial charge in [0.05, 0.1) is 5.52 Å². The van der Waals surface area contributed by atoms with Crippen molar-refractivity contribution in [1.29, 1.82) is 0 Å². The van der Waals surface area contributed by atoms with Crippen LogP contribution in [-0.4, -0.2) is 4.98 Å². The van der Waals surface area contributed by atoms with Crippen LogP contribution in [0.15, 0.2) is 42.5 Å². The molecule has 0 spiro atoms. The number of nitrogens with zero attached hydrogens (tertiary/aromatic N) is 1. The molecule has 0 saturated heterocycles. The number of halogens is 1. The molecule has 0 unspecified atom stereocenters. The van der Waals surface area contributed by atoms with Crippen molar-refractivity contribution in [3.05, 3.63) is 54.0 Å². The van der Waals surface area contributed by atoms with Gasteiger partial charge in [0.25, 0.3) is 0 Å². The quantitative estimate of drug-likeness (QED) is 0.568. The predicted molar refractivity (Wildman–Crippen MR) is 68.6 cm³/mol. The Balaban J connectivity index is 2.54. The summed E-state index contributed by atoms with van der Waals surface area (Å²) >= 11 is 0. The van der Waals surface area contributed by atoms with Gasteiger partial charge in [0, 0.05) is 22.5 Å². The van der Waals surface area contributed by atoms with Crippen LogP contribution >= 0.6 is 0 Å². The van der Waals surface area contributed by atoms with E-state index < -0.39 is 0 Å². The van der Waals surface area contributed by atoms with E-state index in [1.165, 1.54) is 12.1 Å². The Morgan fingerprint density at radius 1 is 1.00 bits per heavy atom. The molecule has 0 aliphatic carbocycles. The van der Waals surface area contributed by atoms with Gasteiger partial charge in [-0.1, -0.05) is 31.2 Å². The van der Waals surface area contributed by atoms with E-state index in [0.29, 0.717) is 0 Å². The highest BCUT2D eigenvalue weighted by Gasteiger charge is 2.06. The zero-order chi connectivity index (χ0) is 11.8. The van der Waals surface area contributed by atoms with Crippen molar-refractivity contribution in [3.8, 4) is 0 Å². The molecule has 2 aromatic carbocycles. The number of hydrogen-bond donors (Lipinski definition) is 0. The highest BCUT2D eigenvalue weighted by atomic mass is 19.1. The van der Waals surface area contributed by atoms with Crippen molar-refractivity contribution < 1.29 is 4.39 Å². The van der Waals surface area contributed by atoms with Gasteiger partial charge in [0.2, 0.25) is 0 Å². The highest BCUT2D eigenvalue weighted by Crippen LogP contribution is 2.26. The zero-order valence-electron chi connectivity index (χ0n) is 9.57. The summed E-state index contributed by atoms with van der Waals surface area (Å²) in [6, 6.07) is 13.0. The Morgan fingerprint density at radius 3 is 2.53 bits per heavy atom. The van der Waals surface area contributed by atoms with Crippen LogP contribution < -0.4 is 0 Å². The van der Waals surface area contributed by atoms with E-state index >= 15 is 0 Å². The van der Waals surface area contributed by atoms with Gasteiger partial charge in [-0.3, -0.25) is 4.98 Å². The monoisotopic (exact) mass is 225 g/mol. The minimum absolute atomic E-state index is 0.234. The Kier molecular flexibility index (Phi) is 2.29. The molecule has 17 heavy (non-hydrogen) atoms. The van der Waals surface area contributed by atoms with E-state index in [4.69, 9.17) is 0 Å². The Hall–Kier alpha value is -1.96. The number of benzene rings is 2. The molecule has 0 atom stereocenters. The summed E-state index contributed by atoms with van der Waals surface area (Å²) in [6.07, 6.45) is 0.854. The van der Waals surface area contributed by atoms with Gasteiger partial charge in [-0.25, -0.2) is 4.39 Å². The number of pyridine rings is 1. The van der Waals surface area contributed by atoms with Crippen LogP contribution in [0.4, 0.5) is 4.39 Å². The molecule has 0 bridgehead atoms. The summed E-state index contributed by atoms with van der Waals surface area (Å²) in [5, 5.41) is 3.32. The van der Waals surface area contributed by atoms with Crippen molar-refractivity contribution in [2.75, 3.05) is 0 Å². The van der Waals surface area contributed by atoms with Crippen molar-refractivity contribution in [2.45, 2.75) is 13.3 Å². The van der Waals surface area contributed by atoms with E-state index in [-0.39, 0.29) is 5.82 Å². The maximum atomic E-state index is 13.2. The number of rotatable bonds is 1. The minimum Gasteiger partial charge on any atom is -0.252 e. The lowest BCUT2D eigenvalue weighted by Crippen LogP contribution is -1.92. The van der Waals surface area contributed by atoms with Crippen LogP contribution in [0.5, 0.6) is 0 Å². The maximum absolute atomic E-state index is 13.2. The van der Waals surface area contributed by atoms with Gasteiger partial charge in [0.1, 0.15) is 5.82 Å². The Labute approximate surface area is 98.9 Å². The Bertz CT molecular complexity index is 704. The largest absolute Gasteiger partial charge is 0.252 e. The maximum Gasteiger partial charge on any atom is 0.125 e. The summed E-state index contributed by atoms with van der Waals surface area (Å²) in [4.78, 5) is 4.54. The van der Waals surface area contributed by atoms with E-state index in [1.54, 1.807) is 6.07 Å². The molecule has 0 amide bonds. The second-order valence-corrected chi connectivity index (χ2v) is 4.12. The lowest BCUT2D eigenvalue weighted by atomic mass is 10.0. The lowest BCUT2D eigenvalue weighted by molar-refractivity contribution is 0.629.